The van der Waals surface area contributed by atoms with Crippen LogP contribution in [0.2, 0.25) is 0 Å². The highest BCUT2D eigenvalue weighted by Crippen LogP contribution is 2.27. The highest BCUT2D eigenvalue weighted by atomic mass is 16.4. The normalized spacial score (nSPS) is 25.8. The lowest BCUT2D eigenvalue weighted by Crippen LogP contribution is -2.47. The second-order valence-electron chi connectivity index (χ2n) is 4.14. The Morgan fingerprint density at radius 3 is 2.64 bits per heavy atom. The molecule has 0 heterocycles. The molecule has 3 nitrogen and oxygen atoms in total. The summed E-state index contributed by atoms with van der Waals surface area (Å²) in [7, 11) is 0. The molecule has 1 saturated carbocycles. The van der Waals surface area contributed by atoms with Crippen LogP contribution >= 0.6 is 0 Å². The predicted octanol–water partition coefficient (Wildman–Crippen LogP) is 2.02. The van der Waals surface area contributed by atoms with Crippen molar-refractivity contribution in [3.63, 3.8) is 0 Å². The van der Waals surface area contributed by atoms with Gasteiger partial charge in [0.05, 0.1) is 5.92 Å². The van der Waals surface area contributed by atoms with E-state index in [2.05, 4.69) is 12.2 Å². The van der Waals surface area contributed by atoms with Crippen LogP contribution in [0.15, 0.2) is 0 Å². The first-order valence-corrected chi connectivity index (χ1v) is 5.72. The number of aliphatic carboxylic acids is 1. The second-order valence-corrected chi connectivity index (χ2v) is 4.14. The van der Waals surface area contributed by atoms with Crippen LogP contribution in [-0.2, 0) is 4.79 Å². The quantitative estimate of drug-likeness (QED) is 0.617. The summed E-state index contributed by atoms with van der Waals surface area (Å²) < 4.78 is 0. The standard InChI is InChI=1S/C11H21NO2/c1-2-3-4-5-8-12-10-7-6-9(10)11(13)14/h9-10,12H,2-8H2,1H3,(H,13,14). The molecule has 1 aliphatic rings. The summed E-state index contributed by atoms with van der Waals surface area (Å²) >= 11 is 0. The summed E-state index contributed by atoms with van der Waals surface area (Å²) in [6, 6.07) is 0.245. The van der Waals surface area contributed by atoms with Gasteiger partial charge in [0.2, 0.25) is 0 Å². The van der Waals surface area contributed by atoms with Gasteiger partial charge >= 0.3 is 5.97 Å². The molecule has 0 aromatic rings. The molecule has 2 N–H and O–H groups in total. The van der Waals surface area contributed by atoms with Gasteiger partial charge in [-0.25, -0.2) is 0 Å². The van der Waals surface area contributed by atoms with Crippen molar-refractivity contribution in [2.45, 2.75) is 51.5 Å². The van der Waals surface area contributed by atoms with Crippen LogP contribution in [0.5, 0.6) is 0 Å². The molecular formula is C11H21NO2. The maximum Gasteiger partial charge on any atom is 0.308 e. The molecule has 82 valence electrons. The van der Waals surface area contributed by atoms with Gasteiger partial charge in [0.25, 0.3) is 0 Å². The maximum absolute atomic E-state index is 10.7. The molecule has 1 fully saturated rings. The van der Waals surface area contributed by atoms with Crippen LogP contribution < -0.4 is 5.32 Å². The monoisotopic (exact) mass is 199 g/mol. The van der Waals surface area contributed by atoms with Gasteiger partial charge in [-0.15, -0.1) is 0 Å². The van der Waals surface area contributed by atoms with E-state index in [-0.39, 0.29) is 12.0 Å². The van der Waals surface area contributed by atoms with Crippen molar-refractivity contribution in [1.82, 2.24) is 5.32 Å². The Bertz CT molecular complexity index is 182. The number of unbranched alkanes of at least 4 members (excludes halogenated alkanes) is 3. The van der Waals surface area contributed by atoms with Crippen LogP contribution in [0.1, 0.15) is 45.4 Å². The van der Waals surface area contributed by atoms with Crippen molar-refractivity contribution in [3.05, 3.63) is 0 Å². The number of carboxylic acid groups (broad SMARTS) is 1. The van der Waals surface area contributed by atoms with E-state index in [1.54, 1.807) is 0 Å². The van der Waals surface area contributed by atoms with Gasteiger partial charge in [-0.2, -0.15) is 0 Å². The van der Waals surface area contributed by atoms with Crippen molar-refractivity contribution in [1.29, 1.82) is 0 Å². The Labute approximate surface area is 85.9 Å². The summed E-state index contributed by atoms with van der Waals surface area (Å²) in [6.45, 7) is 3.17. The van der Waals surface area contributed by atoms with Gasteiger partial charge in [0.1, 0.15) is 0 Å². The molecule has 0 aromatic heterocycles. The average Bonchev–Trinajstić information content (AvgIpc) is 2.08. The lowest BCUT2D eigenvalue weighted by Gasteiger charge is -2.34. The molecule has 0 bridgehead atoms. The van der Waals surface area contributed by atoms with E-state index in [4.69, 9.17) is 5.11 Å². The van der Waals surface area contributed by atoms with Crippen molar-refractivity contribution in [3.8, 4) is 0 Å². The topological polar surface area (TPSA) is 49.3 Å². The summed E-state index contributed by atoms with van der Waals surface area (Å²) in [5, 5.41) is 12.1. The summed E-state index contributed by atoms with van der Waals surface area (Å²) in [5.74, 6) is -0.761. The minimum atomic E-state index is -0.637. The fourth-order valence-corrected chi connectivity index (χ4v) is 1.88. The molecule has 0 saturated heterocycles. The summed E-state index contributed by atoms with van der Waals surface area (Å²) in [4.78, 5) is 10.7. The molecule has 0 amide bonds. The van der Waals surface area contributed by atoms with Crippen LogP contribution in [0, 0.1) is 5.92 Å². The van der Waals surface area contributed by atoms with E-state index in [1.165, 1.54) is 25.7 Å². The van der Waals surface area contributed by atoms with E-state index in [0.29, 0.717) is 0 Å². The molecule has 1 rings (SSSR count). The first-order chi connectivity index (χ1) is 6.75. The van der Waals surface area contributed by atoms with Crippen LogP contribution in [0.3, 0.4) is 0 Å². The number of nitrogens with one attached hydrogen (secondary N) is 1. The zero-order valence-corrected chi connectivity index (χ0v) is 8.96. The van der Waals surface area contributed by atoms with Crippen LogP contribution in [0.4, 0.5) is 0 Å². The maximum atomic E-state index is 10.7. The minimum absolute atomic E-state index is 0.124. The fraction of sp³-hybridized carbons (Fsp3) is 0.909. The number of carboxylic acids is 1. The Hall–Kier alpha value is -0.570. The molecule has 2 atom stereocenters. The SMILES string of the molecule is CCCCCCNC1CCC1C(=O)O. The number of hydrogen-bond acceptors (Lipinski definition) is 2. The van der Waals surface area contributed by atoms with E-state index >= 15 is 0 Å². The second kappa shape index (κ2) is 6.02. The van der Waals surface area contributed by atoms with E-state index in [1.807, 2.05) is 0 Å². The molecule has 0 spiro atoms. The van der Waals surface area contributed by atoms with Gasteiger partial charge < -0.3 is 10.4 Å². The number of rotatable bonds is 7. The van der Waals surface area contributed by atoms with Crippen molar-refractivity contribution >= 4 is 5.97 Å². The first kappa shape index (κ1) is 11.5. The minimum Gasteiger partial charge on any atom is -0.481 e. The average molecular weight is 199 g/mol. The number of carbonyl (C=O) groups is 1. The largest absolute Gasteiger partial charge is 0.481 e. The highest BCUT2D eigenvalue weighted by molar-refractivity contribution is 5.72. The Morgan fingerprint density at radius 2 is 2.14 bits per heavy atom. The third-order valence-electron chi connectivity index (χ3n) is 3.03. The molecule has 0 aliphatic heterocycles. The van der Waals surface area contributed by atoms with Gasteiger partial charge in [-0.05, 0) is 25.8 Å². The molecule has 0 radical (unpaired) electrons. The molecular weight excluding hydrogens is 178 g/mol. The van der Waals surface area contributed by atoms with Gasteiger partial charge in [0, 0.05) is 6.04 Å². The molecule has 0 aromatic carbocycles. The van der Waals surface area contributed by atoms with Crippen molar-refractivity contribution in [2.24, 2.45) is 5.92 Å². The Balaban J connectivity index is 1.99. The Kier molecular flexibility index (Phi) is 4.94. The van der Waals surface area contributed by atoms with E-state index in [0.717, 1.165) is 19.4 Å². The van der Waals surface area contributed by atoms with Gasteiger partial charge in [-0.3, -0.25) is 4.79 Å². The lowest BCUT2D eigenvalue weighted by molar-refractivity contribution is -0.146. The van der Waals surface area contributed by atoms with Crippen LogP contribution in [0.25, 0.3) is 0 Å². The van der Waals surface area contributed by atoms with E-state index < -0.39 is 5.97 Å². The molecule has 3 heteroatoms. The highest BCUT2D eigenvalue weighted by Gasteiger charge is 2.35. The first-order valence-electron chi connectivity index (χ1n) is 5.72. The third-order valence-corrected chi connectivity index (χ3v) is 3.03. The smallest absolute Gasteiger partial charge is 0.308 e. The van der Waals surface area contributed by atoms with Gasteiger partial charge in [0.15, 0.2) is 0 Å². The zero-order valence-electron chi connectivity index (χ0n) is 8.96. The van der Waals surface area contributed by atoms with Crippen molar-refractivity contribution in [2.75, 3.05) is 6.54 Å². The Morgan fingerprint density at radius 1 is 1.36 bits per heavy atom. The summed E-state index contributed by atoms with van der Waals surface area (Å²) in [5.41, 5.74) is 0. The van der Waals surface area contributed by atoms with E-state index in [9.17, 15) is 4.79 Å². The fourth-order valence-electron chi connectivity index (χ4n) is 1.88. The zero-order chi connectivity index (χ0) is 10.4. The van der Waals surface area contributed by atoms with Gasteiger partial charge in [-0.1, -0.05) is 26.2 Å². The summed E-state index contributed by atoms with van der Waals surface area (Å²) in [6.07, 6.45) is 6.85. The predicted molar refractivity (Wildman–Crippen MR) is 56.3 cm³/mol. The molecule has 1 aliphatic carbocycles. The lowest BCUT2D eigenvalue weighted by atomic mass is 9.79. The van der Waals surface area contributed by atoms with Crippen molar-refractivity contribution < 1.29 is 9.90 Å². The third kappa shape index (κ3) is 3.29. The molecule has 14 heavy (non-hydrogen) atoms. The molecule has 2 unspecified atom stereocenters. The number of hydrogen-bond donors (Lipinski definition) is 2. The van der Waals surface area contributed by atoms with Crippen LogP contribution in [-0.4, -0.2) is 23.7 Å².